The number of aromatic nitrogens is 4. The van der Waals surface area contributed by atoms with E-state index in [9.17, 15) is 0 Å². The van der Waals surface area contributed by atoms with Crippen molar-refractivity contribution in [1.29, 1.82) is 0 Å². The first kappa shape index (κ1) is 16.0. The second-order valence-corrected chi connectivity index (χ2v) is 7.23. The molecule has 0 aliphatic heterocycles. The van der Waals surface area contributed by atoms with Gasteiger partial charge in [0.1, 0.15) is 0 Å². The van der Waals surface area contributed by atoms with E-state index in [0.717, 1.165) is 46.1 Å². The number of hydrogen-bond donors (Lipinski definition) is 1. The molecule has 2 aromatic heterocycles. The Morgan fingerprint density at radius 3 is 2.59 bits per heavy atom. The molecular formula is C22H21N5. The van der Waals surface area contributed by atoms with Crippen molar-refractivity contribution in [2.24, 2.45) is 5.92 Å². The maximum absolute atomic E-state index is 4.86. The van der Waals surface area contributed by atoms with Gasteiger partial charge >= 0.3 is 0 Å². The highest BCUT2D eigenvalue weighted by Gasteiger charge is 2.25. The zero-order valence-electron chi connectivity index (χ0n) is 15.3. The van der Waals surface area contributed by atoms with E-state index in [1.54, 1.807) is 6.20 Å². The summed E-state index contributed by atoms with van der Waals surface area (Å²) >= 11 is 0. The zero-order valence-corrected chi connectivity index (χ0v) is 15.3. The van der Waals surface area contributed by atoms with E-state index in [1.807, 2.05) is 13.1 Å². The molecule has 2 heterocycles. The highest BCUT2D eigenvalue weighted by Crippen LogP contribution is 2.36. The molecule has 5 heteroatoms. The Balaban J connectivity index is 1.58. The third-order valence-corrected chi connectivity index (χ3v) is 5.15. The Hall–Kier alpha value is -3.21. The van der Waals surface area contributed by atoms with Gasteiger partial charge in [-0.25, -0.2) is 4.98 Å². The fourth-order valence-corrected chi connectivity index (χ4v) is 3.43. The molecule has 27 heavy (non-hydrogen) atoms. The molecule has 2 aromatic carbocycles. The zero-order chi connectivity index (χ0) is 18.2. The summed E-state index contributed by atoms with van der Waals surface area (Å²) < 4.78 is 0. The van der Waals surface area contributed by atoms with E-state index in [-0.39, 0.29) is 0 Å². The van der Waals surface area contributed by atoms with Crippen LogP contribution in [0.25, 0.3) is 22.3 Å². The van der Waals surface area contributed by atoms with E-state index < -0.39 is 0 Å². The Bertz CT molecular complexity index is 1080. The van der Waals surface area contributed by atoms with Gasteiger partial charge in [0.25, 0.3) is 0 Å². The van der Waals surface area contributed by atoms with Gasteiger partial charge in [-0.15, -0.1) is 0 Å². The van der Waals surface area contributed by atoms with Crippen molar-refractivity contribution in [3.05, 3.63) is 66.6 Å². The van der Waals surface area contributed by atoms with Gasteiger partial charge in [0.05, 0.1) is 29.1 Å². The van der Waals surface area contributed by atoms with E-state index in [4.69, 9.17) is 4.98 Å². The summed E-state index contributed by atoms with van der Waals surface area (Å²) in [4.78, 5) is 11.9. The van der Waals surface area contributed by atoms with Crippen LogP contribution in [-0.4, -0.2) is 26.7 Å². The molecule has 1 aliphatic rings. The van der Waals surface area contributed by atoms with Crippen LogP contribution in [0.1, 0.15) is 18.5 Å². The summed E-state index contributed by atoms with van der Waals surface area (Å²) in [6.07, 6.45) is 6.26. The number of hydrogen-bond acceptors (Lipinski definition) is 4. The summed E-state index contributed by atoms with van der Waals surface area (Å²) in [6.45, 7) is 3.04. The molecule has 0 radical (unpaired) electrons. The number of fused-ring (bicyclic) bond motifs is 1. The van der Waals surface area contributed by atoms with Gasteiger partial charge in [0.2, 0.25) is 0 Å². The van der Waals surface area contributed by atoms with Gasteiger partial charge < -0.3 is 4.90 Å². The Labute approximate surface area is 158 Å². The molecule has 0 spiro atoms. The molecule has 5 nitrogen and oxygen atoms in total. The second kappa shape index (κ2) is 6.50. The Kier molecular flexibility index (Phi) is 3.85. The normalized spacial score (nSPS) is 13.8. The molecule has 1 fully saturated rings. The third-order valence-electron chi connectivity index (χ3n) is 5.15. The fourth-order valence-electron chi connectivity index (χ4n) is 3.43. The quantitative estimate of drug-likeness (QED) is 0.554. The maximum Gasteiger partial charge on any atom is 0.0927 e. The second-order valence-electron chi connectivity index (χ2n) is 7.23. The van der Waals surface area contributed by atoms with Gasteiger partial charge in [-0.05, 0) is 56.0 Å². The van der Waals surface area contributed by atoms with Crippen molar-refractivity contribution in [2.75, 3.05) is 11.4 Å². The maximum atomic E-state index is 4.86. The van der Waals surface area contributed by atoms with Crippen LogP contribution >= 0.6 is 0 Å². The van der Waals surface area contributed by atoms with Gasteiger partial charge in [0.15, 0.2) is 0 Å². The number of para-hydroxylation sites is 1. The third kappa shape index (κ3) is 3.16. The lowest BCUT2D eigenvalue weighted by Crippen LogP contribution is -2.19. The molecule has 0 saturated heterocycles. The summed E-state index contributed by atoms with van der Waals surface area (Å²) in [6, 6.07) is 16.9. The minimum atomic E-state index is 0.784. The molecule has 0 bridgehead atoms. The van der Waals surface area contributed by atoms with Crippen LogP contribution in [0.5, 0.6) is 0 Å². The van der Waals surface area contributed by atoms with E-state index in [2.05, 4.69) is 68.6 Å². The van der Waals surface area contributed by atoms with E-state index in [0.29, 0.717) is 0 Å². The number of aryl methyl sites for hydroxylation is 1. The number of H-pyrrole nitrogens is 1. The summed E-state index contributed by atoms with van der Waals surface area (Å²) in [5.41, 5.74) is 7.03. The molecule has 0 unspecified atom stereocenters. The minimum absolute atomic E-state index is 0.784. The molecule has 0 amide bonds. The average molecular weight is 355 g/mol. The SMILES string of the molecule is Cc1[nH]ncc1-c1cnc2ccc(N(CC3CC3)c3ccccc3)cc2n1. The summed E-state index contributed by atoms with van der Waals surface area (Å²) in [7, 11) is 0. The minimum Gasteiger partial charge on any atom is -0.341 e. The number of nitrogens with zero attached hydrogens (tertiary/aromatic N) is 4. The van der Waals surface area contributed by atoms with Gasteiger partial charge in [-0.1, -0.05) is 18.2 Å². The van der Waals surface area contributed by atoms with Crippen molar-refractivity contribution in [3.63, 3.8) is 0 Å². The molecule has 134 valence electrons. The Morgan fingerprint density at radius 1 is 1.00 bits per heavy atom. The molecular weight excluding hydrogens is 334 g/mol. The summed E-state index contributed by atoms with van der Waals surface area (Å²) in [5, 5.41) is 7.07. The lowest BCUT2D eigenvalue weighted by atomic mass is 10.1. The van der Waals surface area contributed by atoms with Crippen molar-refractivity contribution in [3.8, 4) is 11.3 Å². The van der Waals surface area contributed by atoms with Crippen molar-refractivity contribution < 1.29 is 0 Å². The number of aromatic amines is 1. The highest BCUT2D eigenvalue weighted by atomic mass is 15.1. The van der Waals surface area contributed by atoms with Crippen molar-refractivity contribution >= 4 is 22.4 Å². The average Bonchev–Trinajstić information content (AvgIpc) is 3.44. The van der Waals surface area contributed by atoms with Crippen LogP contribution in [0.3, 0.4) is 0 Å². The van der Waals surface area contributed by atoms with Crippen LogP contribution in [0, 0.1) is 12.8 Å². The predicted molar refractivity (Wildman–Crippen MR) is 108 cm³/mol. The van der Waals surface area contributed by atoms with Crippen LogP contribution in [0.2, 0.25) is 0 Å². The summed E-state index contributed by atoms with van der Waals surface area (Å²) in [5.74, 6) is 0.784. The highest BCUT2D eigenvalue weighted by molar-refractivity contribution is 5.82. The van der Waals surface area contributed by atoms with Crippen LogP contribution < -0.4 is 4.90 Å². The molecule has 5 rings (SSSR count). The molecule has 1 N–H and O–H groups in total. The number of nitrogens with one attached hydrogen (secondary N) is 1. The number of benzene rings is 2. The van der Waals surface area contributed by atoms with Crippen LogP contribution in [0.15, 0.2) is 60.9 Å². The molecule has 1 saturated carbocycles. The number of anilines is 2. The van der Waals surface area contributed by atoms with Crippen molar-refractivity contribution in [2.45, 2.75) is 19.8 Å². The smallest absolute Gasteiger partial charge is 0.0927 e. The van der Waals surface area contributed by atoms with E-state index >= 15 is 0 Å². The van der Waals surface area contributed by atoms with Crippen LogP contribution in [-0.2, 0) is 0 Å². The first-order valence-corrected chi connectivity index (χ1v) is 9.38. The predicted octanol–water partition coefficient (Wildman–Crippen LogP) is 4.88. The van der Waals surface area contributed by atoms with Crippen LogP contribution in [0.4, 0.5) is 11.4 Å². The first-order valence-electron chi connectivity index (χ1n) is 9.38. The fraction of sp³-hybridized carbons (Fsp3) is 0.227. The molecule has 4 aromatic rings. The van der Waals surface area contributed by atoms with Gasteiger partial charge in [-0.2, -0.15) is 5.10 Å². The Morgan fingerprint density at radius 2 is 1.85 bits per heavy atom. The van der Waals surface area contributed by atoms with Gasteiger partial charge in [0, 0.05) is 29.2 Å². The largest absolute Gasteiger partial charge is 0.341 e. The monoisotopic (exact) mass is 355 g/mol. The first-order chi connectivity index (χ1) is 13.3. The lowest BCUT2D eigenvalue weighted by molar-refractivity contribution is 0.814. The van der Waals surface area contributed by atoms with Crippen molar-refractivity contribution in [1.82, 2.24) is 20.2 Å². The van der Waals surface area contributed by atoms with Gasteiger partial charge in [-0.3, -0.25) is 10.1 Å². The van der Waals surface area contributed by atoms with E-state index in [1.165, 1.54) is 18.5 Å². The topological polar surface area (TPSA) is 57.7 Å². The lowest BCUT2D eigenvalue weighted by Gasteiger charge is -2.25. The number of rotatable bonds is 5. The molecule has 0 atom stereocenters. The standard InChI is InChI=1S/C22H21N5/c1-15-19(12-24-26-15)22-13-23-20-10-9-18(11-21(20)25-22)27(14-16-7-8-16)17-5-3-2-4-6-17/h2-6,9-13,16H,7-8,14H2,1H3,(H,24,26). The molecule has 1 aliphatic carbocycles.